The Morgan fingerprint density at radius 1 is 1.67 bits per heavy atom. The Labute approximate surface area is 106 Å². The van der Waals surface area contributed by atoms with Gasteiger partial charge in [-0.3, -0.25) is 4.79 Å². The average molecular weight is 253 g/mol. The van der Waals surface area contributed by atoms with Crippen molar-refractivity contribution in [2.45, 2.75) is 18.9 Å². The van der Waals surface area contributed by atoms with Crippen molar-refractivity contribution in [3.63, 3.8) is 0 Å². The number of nitrogens with one attached hydrogen (secondary N) is 2. The molecule has 1 aromatic rings. The first-order valence-corrected chi connectivity index (χ1v) is 6.17. The van der Waals surface area contributed by atoms with E-state index in [1.807, 2.05) is 0 Å². The summed E-state index contributed by atoms with van der Waals surface area (Å²) >= 11 is 0. The van der Waals surface area contributed by atoms with Gasteiger partial charge in [-0.1, -0.05) is 0 Å². The molecule has 6 heteroatoms. The van der Waals surface area contributed by atoms with E-state index in [0.29, 0.717) is 19.8 Å². The number of rotatable bonds is 6. The molecule has 0 bridgehead atoms. The molecule has 1 unspecified atom stereocenters. The van der Waals surface area contributed by atoms with Crippen LogP contribution in [-0.2, 0) is 16.0 Å². The van der Waals surface area contributed by atoms with Crippen LogP contribution in [0.15, 0.2) is 10.9 Å². The number of hydrogen-bond donors (Lipinski definition) is 2. The van der Waals surface area contributed by atoms with Gasteiger partial charge in [-0.05, 0) is 6.42 Å². The molecule has 0 aromatic carbocycles. The largest absolute Gasteiger partial charge is 0.383 e. The van der Waals surface area contributed by atoms with Gasteiger partial charge in [0, 0.05) is 38.8 Å². The zero-order chi connectivity index (χ0) is 12.8. The van der Waals surface area contributed by atoms with E-state index in [1.54, 1.807) is 7.11 Å². The van der Waals surface area contributed by atoms with Crippen LogP contribution in [0.3, 0.4) is 0 Å². The minimum Gasteiger partial charge on any atom is -0.383 e. The third kappa shape index (κ3) is 3.63. The zero-order valence-electron chi connectivity index (χ0n) is 10.6. The van der Waals surface area contributed by atoms with Crippen LogP contribution in [0.2, 0.25) is 0 Å². The summed E-state index contributed by atoms with van der Waals surface area (Å²) in [6.07, 6.45) is 0.920. The smallest absolute Gasteiger partial charge is 0.251 e. The number of nitrogens with zero attached hydrogens (tertiary/aromatic N) is 1. The lowest BCUT2D eigenvalue weighted by molar-refractivity contribution is 0.193. The Kier molecular flexibility index (Phi) is 4.86. The molecule has 100 valence electrons. The van der Waals surface area contributed by atoms with Gasteiger partial charge in [-0.25, -0.2) is 4.98 Å². The first-order chi connectivity index (χ1) is 8.79. The highest BCUT2D eigenvalue weighted by Crippen LogP contribution is 2.21. The fraction of sp³-hybridized carbons (Fsp3) is 0.667. The molecule has 0 radical (unpaired) electrons. The number of hydrogen-bond acceptors (Lipinski definition) is 5. The quantitative estimate of drug-likeness (QED) is 0.698. The normalized spacial score (nSPS) is 19.3. The molecule has 18 heavy (non-hydrogen) atoms. The molecule has 1 aliphatic rings. The van der Waals surface area contributed by atoms with E-state index in [1.165, 1.54) is 6.07 Å². The first kappa shape index (κ1) is 13.2. The van der Waals surface area contributed by atoms with E-state index in [9.17, 15) is 4.79 Å². The highest BCUT2D eigenvalue weighted by atomic mass is 16.5. The maximum Gasteiger partial charge on any atom is 0.251 e. The van der Waals surface area contributed by atoms with Crippen molar-refractivity contribution in [3.8, 4) is 0 Å². The van der Waals surface area contributed by atoms with Crippen molar-refractivity contribution in [1.29, 1.82) is 0 Å². The Balaban J connectivity index is 1.99. The molecule has 1 aromatic heterocycles. The van der Waals surface area contributed by atoms with Crippen LogP contribution in [0.5, 0.6) is 0 Å². The van der Waals surface area contributed by atoms with Gasteiger partial charge >= 0.3 is 0 Å². The van der Waals surface area contributed by atoms with E-state index >= 15 is 0 Å². The minimum absolute atomic E-state index is 0.101. The summed E-state index contributed by atoms with van der Waals surface area (Å²) in [5, 5.41) is 3.18. The summed E-state index contributed by atoms with van der Waals surface area (Å²) in [5.74, 6) is 0.958. The Bertz CT molecular complexity index is 427. The van der Waals surface area contributed by atoms with Gasteiger partial charge in [0.25, 0.3) is 5.56 Å². The Morgan fingerprint density at radius 3 is 3.28 bits per heavy atom. The second-order valence-corrected chi connectivity index (χ2v) is 4.35. The van der Waals surface area contributed by atoms with Gasteiger partial charge in [-0.15, -0.1) is 0 Å². The molecule has 1 fully saturated rings. The monoisotopic (exact) mass is 253 g/mol. The summed E-state index contributed by atoms with van der Waals surface area (Å²) < 4.78 is 10.3. The van der Waals surface area contributed by atoms with E-state index in [2.05, 4.69) is 15.3 Å². The van der Waals surface area contributed by atoms with Gasteiger partial charge in [-0.2, -0.15) is 0 Å². The molecule has 0 amide bonds. The average Bonchev–Trinajstić information content (AvgIpc) is 2.88. The van der Waals surface area contributed by atoms with Crippen molar-refractivity contribution >= 4 is 0 Å². The molecule has 0 saturated carbocycles. The van der Waals surface area contributed by atoms with Gasteiger partial charge in [0.15, 0.2) is 0 Å². The lowest BCUT2D eigenvalue weighted by atomic mass is 10.1. The van der Waals surface area contributed by atoms with Crippen LogP contribution >= 0.6 is 0 Å². The standard InChI is InChI=1S/C12H19N3O3/c1-17-5-3-13-7-10-6-11(16)15-12(14-10)9-2-4-18-8-9/h6,9,13H,2-5,7-8H2,1H3,(H,14,15,16). The number of H-pyrrole nitrogens is 1. The lowest BCUT2D eigenvalue weighted by Crippen LogP contribution is -2.22. The maximum atomic E-state index is 11.6. The van der Waals surface area contributed by atoms with Gasteiger partial charge in [0.2, 0.25) is 0 Å². The van der Waals surface area contributed by atoms with Gasteiger partial charge < -0.3 is 19.8 Å². The summed E-state index contributed by atoms with van der Waals surface area (Å²) in [6.45, 7) is 3.35. The van der Waals surface area contributed by atoms with Gasteiger partial charge in [0.05, 0.1) is 18.9 Å². The van der Waals surface area contributed by atoms with Crippen molar-refractivity contribution in [3.05, 3.63) is 27.9 Å². The van der Waals surface area contributed by atoms with Crippen LogP contribution in [0, 0.1) is 0 Å². The SMILES string of the molecule is COCCNCc1cc(=O)[nH]c(C2CCOC2)n1. The summed E-state index contributed by atoms with van der Waals surface area (Å²) in [5.41, 5.74) is 0.659. The molecule has 1 atom stereocenters. The van der Waals surface area contributed by atoms with E-state index in [-0.39, 0.29) is 11.5 Å². The minimum atomic E-state index is -0.101. The highest BCUT2D eigenvalue weighted by Gasteiger charge is 2.20. The van der Waals surface area contributed by atoms with Crippen LogP contribution < -0.4 is 10.9 Å². The summed E-state index contributed by atoms with van der Waals surface area (Å²) in [7, 11) is 1.66. The van der Waals surface area contributed by atoms with Crippen molar-refractivity contribution in [1.82, 2.24) is 15.3 Å². The zero-order valence-corrected chi connectivity index (χ0v) is 10.6. The second-order valence-electron chi connectivity index (χ2n) is 4.35. The molecule has 1 saturated heterocycles. The summed E-state index contributed by atoms with van der Waals surface area (Å²) in [4.78, 5) is 18.8. The predicted molar refractivity (Wildman–Crippen MR) is 66.6 cm³/mol. The molecule has 6 nitrogen and oxygen atoms in total. The molecule has 0 spiro atoms. The third-order valence-electron chi connectivity index (χ3n) is 2.92. The van der Waals surface area contributed by atoms with Gasteiger partial charge in [0.1, 0.15) is 5.82 Å². The number of methoxy groups -OCH3 is 1. The molecule has 0 aliphatic carbocycles. The van der Waals surface area contributed by atoms with E-state index in [4.69, 9.17) is 9.47 Å². The fourth-order valence-electron chi connectivity index (χ4n) is 1.95. The molecule has 2 heterocycles. The van der Waals surface area contributed by atoms with Crippen LogP contribution in [0.1, 0.15) is 23.9 Å². The molecule has 2 N–H and O–H groups in total. The molecular formula is C12H19N3O3. The molecular weight excluding hydrogens is 234 g/mol. The number of aromatic nitrogens is 2. The topological polar surface area (TPSA) is 76.2 Å². The summed E-state index contributed by atoms with van der Waals surface area (Å²) in [6, 6.07) is 1.53. The highest BCUT2D eigenvalue weighted by molar-refractivity contribution is 5.07. The van der Waals surface area contributed by atoms with E-state index in [0.717, 1.165) is 31.1 Å². The van der Waals surface area contributed by atoms with Crippen LogP contribution in [0.4, 0.5) is 0 Å². The van der Waals surface area contributed by atoms with Crippen molar-refractivity contribution in [2.75, 3.05) is 33.5 Å². The fourth-order valence-corrected chi connectivity index (χ4v) is 1.95. The second kappa shape index (κ2) is 6.63. The molecule has 1 aliphatic heterocycles. The first-order valence-electron chi connectivity index (χ1n) is 6.17. The lowest BCUT2D eigenvalue weighted by Gasteiger charge is -2.09. The van der Waals surface area contributed by atoms with Crippen LogP contribution in [0.25, 0.3) is 0 Å². The third-order valence-corrected chi connectivity index (χ3v) is 2.92. The van der Waals surface area contributed by atoms with Crippen molar-refractivity contribution in [2.24, 2.45) is 0 Å². The Hall–Kier alpha value is -1.24. The predicted octanol–water partition coefficient (Wildman–Crippen LogP) is 0.00980. The maximum absolute atomic E-state index is 11.6. The van der Waals surface area contributed by atoms with Crippen LogP contribution in [-0.4, -0.2) is 43.4 Å². The van der Waals surface area contributed by atoms with E-state index < -0.39 is 0 Å². The Morgan fingerprint density at radius 2 is 2.56 bits per heavy atom. The number of aromatic amines is 1. The van der Waals surface area contributed by atoms with Crippen molar-refractivity contribution < 1.29 is 9.47 Å². The number of ether oxygens (including phenoxy) is 2. The molecule has 2 rings (SSSR count).